The molecule has 0 bridgehead atoms. The van der Waals surface area contributed by atoms with Crippen molar-refractivity contribution in [2.24, 2.45) is 0 Å². The Labute approximate surface area is 161 Å². The molecule has 2 aromatic heterocycles. The quantitative estimate of drug-likeness (QED) is 0.674. The van der Waals surface area contributed by atoms with Crippen molar-refractivity contribution < 1.29 is 23.8 Å². The van der Waals surface area contributed by atoms with Crippen molar-refractivity contribution in [2.75, 3.05) is 26.1 Å². The summed E-state index contributed by atoms with van der Waals surface area (Å²) in [5.74, 6) is 0.487. The van der Waals surface area contributed by atoms with Gasteiger partial charge in [0.25, 0.3) is 0 Å². The van der Waals surface area contributed by atoms with Crippen LogP contribution in [0.1, 0.15) is 22.8 Å². The molecule has 9 nitrogen and oxygen atoms in total. The van der Waals surface area contributed by atoms with E-state index in [0.717, 1.165) is 10.9 Å². The van der Waals surface area contributed by atoms with E-state index in [2.05, 4.69) is 20.1 Å². The fourth-order valence-electron chi connectivity index (χ4n) is 2.80. The van der Waals surface area contributed by atoms with E-state index in [1.54, 1.807) is 26.2 Å². The van der Waals surface area contributed by atoms with Crippen LogP contribution in [0.15, 0.2) is 30.5 Å². The molecule has 0 spiro atoms. The third kappa shape index (κ3) is 3.46. The number of nitrogens with zero attached hydrogens (tertiary/aromatic N) is 3. The fraction of sp³-hybridized carbons (Fsp3) is 0.263. The summed E-state index contributed by atoms with van der Waals surface area (Å²) in [5.41, 5.74) is 1.65. The standard InChI is InChI=1S/C19H20N4O5/c1-5-28-18(24)13-10-20-23(17(13)22-19(25)27-4)15-9-11(2)12-7-6-8-14(26-3)16(12)21-15/h6-10H,5H2,1-4H3,(H,22,25). The van der Waals surface area contributed by atoms with Crippen LogP contribution in [0, 0.1) is 6.92 Å². The molecule has 0 fully saturated rings. The van der Waals surface area contributed by atoms with E-state index in [-0.39, 0.29) is 18.0 Å². The van der Waals surface area contributed by atoms with Crippen LogP contribution in [-0.4, -0.2) is 47.7 Å². The molecule has 0 saturated heterocycles. The first kappa shape index (κ1) is 19.2. The maximum Gasteiger partial charge on any atom is 0.412 e. The van der Waals surface area contributed by atoms with Crippen LogP contribution >= 0.6 is 0 Å². The Morgan fingerprint density at radius 1 is 1.25 bits per heavy atom. The van der Waals surface area contributed by atoms with Gasteiger partial charge in [-0.05, 0) is 31.5 Å². The van der Waals surface area contributed by atoms with Gasteiger partial charge in [-0.25, -0.2) is 14.6 Å². The van der Waals surface area contributed by atoms with E-state index >= 15 is 0 Å². The number of rotatable bonds is 5. The van der Waals surface area contributed by atoms with Crippen LogP contribution in [0.25, 0.3) is 16.7 Å². The Bertz CT molecular complexity index is 1040. The summed E-state index contributed by atoms with van der Waals surface area (Å²) in [6, 6.07) is 7.42. The number of aryl methyl sites for hydroxylation is 1. The van der Waals surface area contributed by atoms with Crippen molar-refractivity contribution in [2.45, 2.75) is 13.8 Å². The van der Waals surface area contributed by atoms with E-state index in [0.29, 0.717) is 17.1 Å². The molecule has 0 unspecified atom stereocenters. The second-order valence-electron chi connectivity index (χ2n) is 5.81. The zero-order valence-electron chi connectivity index (χ0n) is 16.0. The minimum atomic E-state index is -0.748. The van der Waals surface area contributed by atoms with Crippen molar-refractivity contribution in [3.63, 3.8) is 0 Å². The van der Waals surface area contributed by atoms with Crippen molar-refractivity contribution >= 4 is 28.8 Å². The second kappa shape index (κ2) is 7.95. The maximum atomic E-state index is 12.3. The van der Waals surface area contributed by atoms with Crippen molar-refractivity contribution in [1.82, 2.24) is 14.8 Å². The number of carbonyl (C=O) groups is 2. The lowest BCUT2D eigenvalue weighted by molar-refractivity contribution is 0.0527. The average molecular weight is 384 g/mol. The van der Waals surface area contributed by atoms with Gasteiger partial charge < -0.3 is 14.2 Å². The number of hydrogen-bond donors (Lipinski definition) is 1. The zero-order chi connectivity index (χ0) is 20.3. The van der Waals surface area contributed by atoms with Crippen molar-refractivity contribution in [1.29, 1.82) is 0 Å². The summed E-state index contributed by atoms with van der Waals surface area (Å²) >= 11 is 0. The van der Waals surface area contributed by atoms with Gasteiger partial charge in [0.2, 0.25) is 0 Å². The number of ether oxygens (including phenoxy) is 3. The van der Waals surface area contributed by atoms with Gasteiger partial charge in [-0.1, -0.05) is 12.1 Å². The van der Waals surface area contributed by atoms with Crippen LogP contribution in [0.4, 0.5) is 10.6 Å². The summed E-state index contributed by atoms with van der Waals surface area (Å²) < 4.78 is 16.4. The Kier molecular flexibility index (Phi) is 5.44. The molecule has 2 heterocycles. The van der Waals surface area contributed by atoms with Gasteiger partial charge >= 0.3 is 12.1 Å². The average Bonchev–Trinajstić information content (AvgIpc) is 3.11. The van der Waals surface area contributed by atoms with Crippen LogP contribution in [0.3, 0.4) is 0 Å². The summed E-state index contributed by atoms with van der Waals surface area (Å²) in [6.45, 7) is 3.80. The number of hydrogen-bond acceptors (Lipinski definition) is 7. The molecule has 0 radical (unpaired) electrons. The molecular formula is C19H20N4O5. The molecule has 0 atom stereocenters. The number of esters is 1. The third-order valence-corrected chi connectivity index (χ3v) is 4.10. The molecule has 1 aromatic carbocycles. The number of fused-ring (bicyclic) bond motifs is 1. The van der Waals surface area contributed by atoms with Gasteiger partial charge in [0, 0.05) is 5.39 Å². The van der Waals surface area contributed by atoms with E-state index in [9.17, 15) is 9.59 Å². The van der Waals surface area contributed by atoms with Crippen LogP contribution in [0.2, 0.25) is 0 Å². The lowest BCUT2D eigenvalue weighted by atomic mass is 10.1. The molecule has 1 N–H and O–H groups in total. The lowest BCUT2D eigenvalue weighted by Crippen LogP contribution is -2.18. The van der Waals surface area contributed by atoms with Crippen LogP contribution in [0.5, 0.6) is 5.75 Å². The Balaban J connectivity index is 2.20. The predicted molar refractivity (Wildman–Crippen MR) is 102 cm³/mol. The number of carbonyl (C=O) groups excluding carboxylic acids is 2. The molecule has 9 heteroatoms. The number of para-hydroxylation sites is 1. The van der Waals surface area contributed by atoms with Gasteiger partial charge in [0.15, 0.2) is 11.6 Å². The predicted octanol–water partition coefficient (Wildman–Crippen LogP) is 3.09. The molecule has 146 valence electrons. The van der Waals surface area contributed by atoms with Crippen LogP contribution < -0.4 is 10.1 Å². The summed E-state index contributed by atoms with van der Waals surface area (Å²) in [5, 5.41) is 7.65. The smallest absolute Gasteiger partial charge is 0.412 e. The molecule has 0 saturated carbocycles. The highest BCUT2D eigenvalue weighted by atomic mass is 16.5. The number of methoxy groups -OCH3 is 2. The monoisotopic (exact) mass is 384 g/mol. The first-order chi connectivity index (χ1) is 13.5. The van der Waals surface area contributed by atoms with Gasteiger partial charge in [0.1, 0.15) is 16.8 Å². The van der Waals surface area contributed by atoms with Crippen LogP contribution in [-0.2, 0) is 9.47 Å². The van der Waals surface area contributed by atoms with Gasteiger partial charge in [-0.3, -0.25) is 5.32 Å². The van der Waals surface area contributed by atoms with Gasteiger partial charge in [0.05, 0.1) is 27.0 Å². The van der Waals surface area contributed by atoms with Crippen molar-refractivity contribution in [3.8, 4) is 11.6 Å². The number of amides is 1. The molecule has 0 aliphatic heterocycles. The first-order valence-corrected chi connectivity index (χ1v) is 8.55. The Morgan fingerprint density at radius 3 is 2.71 bits per heavy atom. The normalized spacial score (nSPS) is 10.6. The lowest BCUT2D eigenvalue weighted by Gasteiger charge is -2.12. The third-order valence-electron chi connectivity index (χ3n) is 4.10. The van der Waals surface area contributed by atoms with E-state index in [4.69, 9.17) is 9.47 Å². The SMILES string of the molecule is CCOC(=O)c1cnn(-c2cc(C)c3cccc(OC)c3n2)c1NC(=O)OC. The fourth-order valence-corrected chi connectivity index (χ4v) is 2.80. The number of nitrogens with one attached hydrogen (secondary N) is 1. The Hall–Kier alpha value is -3.62. The first-order valence-electron chi connectivity index (χ1n) is 8.55. The molecule has 3 rings (SSSR count). The Morgan fingerprint density at radius 2 is 2.04 bits per heavy atom. The summed E-state index contributed by atoms with van der Waals surface area (Å²) in [4.78, 5) is 28.7. The summed E-state index contributed by atoms with van der Waals surface area (Å²) in [6.07, 6.45) is 0.564. The highest BCUT2D eigenvalue weighted by molar-refractivity contribution is 5.99. The highest BCUT2D eigenvalue weighted by Gasteiger charge is 2.23. The molecule has 0 aliphatic rings. The number of pyridine rings is 1. The van der Waals surface area contributed by atoms with Gasteiger partial charge in [-0.15, -0.1) is 0 Å². The highest BCUT2D eigenvalue weighted by Crippen LogP contribution is 2.29. The minimum absolute atomic E-state index is 0.0897. The van der Waals surface area contributed by atoms with E-state index < -0.39 is 12.1 Å². The minimum Gasteiger partial charge on any atom is -0.494 e. The largest absolute Gasteiger partial charge is 0.494 e. The van der Waals surface area contributed by atoms with Gasteiger partial charge in [-0.2, -0.15) is 9.78 Å². The zero-order valence-corrected chi connectivity index (χ0v) is 16.0. The van der Waals surface area contributed by atoms with E-state index in [1.165, 1.54) is 18.0 Å². The second-order valence-corrected chi connectivity index (χ2v) is 5.81. The molecule has 28 heavy (non-hydrogen) atoms. The number of benzene rings is 1. The summed E-state index contributed by atoms with van der Waals surface area (Å²) in [7, 11) is 2.79. The molecule has 3 aromatic rings. The topological polar surface area (TPSA) is 105 Å². The number of anilines is 1. The maximum absolute atomic E-state index is 12.3. The molecule has 0 aliphatic carbocycles. The van der Waals surface area contributed by atoms with Crippen molar-refractivity contribution in [3.05, 3.63) is 41.6 Å². The number of aromatic nitrogens is 3. The molecule has 1 amide bonds. The molecular weight excluding hydrogens is 364 g/mol. The van der Waals surface area contributed by atoms with E-state index in [1.807, 2.05) is 19.1 Å².